The molecule has 0 saturated carbocycles. The van der Waals surface area contributed by atoms with E-state index >= 15 is 0 Å². The van der Waals surface area contributed by atoms with Gasteiger partial charge in [-0.2, -0.15) is 0 Å². The molecule has 7 heteroatoms. The Morgan fingerprint density at radius 3 is 2.48 bits per heavy atom. The molecule has 0 aromatic heterocycles. The van der Waals surface area contributed by atoms with Gasteiger partial charge in [0.1, 0.15) is 5.75 Å². The smallest absolute Gasteiger partial charge is 0.305 e. The molecule has 21 heavy (non-hydrogen) atoms. The van der Waals surface area contributed by atoms with Crippen LogP contribution in [0.2, 0.25) is 0 Å². The summed E-state index contributed by atoms with van der Waals surface area (Å²) in [6, 6.07) is 7.05. The van der Waals surface area contributed by atoms with Crippen LogP contribution in [-0.2, 0) is 14.3 Å². The molecular formula is C14H18BrNO5. The summed E-state index contributed by atoms with van der Waals surface area (Å²) in [4.78, 5) is 22.7. The molecule has 0 radical (unpaired) electrons. The second kappa shape index (κ2) is 7.99. The molecule has 116 valence electrons. The summed E-state index contributed by atoms with van der Waals surface area (Å²) < 4.78 is 11.2. The van der Waals surface area contributed by atoms with Crippen LogP contribution in [0.1, 0.15) is 13.3 Å². The van der Waals surface area contributed by atoms with E-state index in [1.165, 1.54) is 7.11 Å². The van der Waals surface area contributed by atoms with Crippen LogP contribution in [0.15, 0.2) is 28.7 Å². The summed E-state index contributed by atoms with van der Waals surface area (Å²) in [6.07, 6.45) is -0.231. The molecule has 1 atom stereocenters. The SMILES string of the molecule is COCC(C)(CC(=O)O)NC(=O)COc1ccc(Br)cc1. The van der Waals surface area contributed by atoms with Gasteiger partial charge in [0, 0.05) is 11.6 Å². The molecular weight excluding hydrogens is 342 g/mol. The van der Waals surface area contributed by atoms with Crippen molar-refractivity contribution in [3.63, 3.8) is 0 Å². The highest BCUT2D eigenvalue weighted by molar-refractivity contribution is 9.10. The van der Waals surface area contributed by atoms with E-state index in [0.717, 1.165) is 4.47 Å². The van der Waals surface area contributed by atoms with Gasteiger partial charge in [-0.15, -0.1) is 0 Å². The zero-order valence-corrected chi connectivity index (χ0v) is 13.5. The molecule has 0 heterocycles. The summed E-state index contributed by atoms with van der Waals surface area (Å²) in [5.41, 5.74) is -0.971. The van der Waals surface area contributed by atoms with Crippen molar-refractivity contribution in [2.45, 2.75) is 18.9 Å². The van der Waals surface area contributed by atoms with Crippen LogP contribution in [0.25, 0.3) is 0 Å². The Morgan fingerprint density at radius 1 is 1.33 bits per heavy atom. The van der Waals surface area contributed by atoms with Crippen LogP contribution in [0.4, 0.5) is 0 Å². The molecule has 1 aromatic carbocycles. The van der Waals surface area contributed by atoms with E-state index < -0.39 is 17.4 Å². The number of halogens is 1. The van der Waals surface area contributed by atoms with Gasteiger partial charge < -0.3 is 19.9 Å². The van der Waals surface area contributed by atoms with Gasteiger partial charge >= 0.3 is 5.97 Å². The van der Waals surface area contributed by atoms with Gasteiger partial charge in [-0.1, -0.05) is 15.9 Å². The van der Waals surface area contributed by atoms with Crippen molar-refractivity contribution in [2.24, 2.45) is 0 Å². The number of benzene rings is 1. The van der Waals surface area contributed by atoms with Crippen LogP contribution in [0, 0.1) is 0 Å². The first-order valence-corrected chi connectivity index (χ1v) is 7.04. The van der Waals surface area contributed by atoms with E-state index in [4.69, 9.17) is 14.6 Å². The van der Waals surface area contributed by atoms with Gasteiger partial charge in [-0.3, -0.25) is 9.59 Å². The van der Waals surface area contributed by atoms with E-state index in [-0.39, 0.29) is 19.6 Å². The minimum absolute atomic E-state index is 0.101. The number of carbonyl (C=O) groups excluding carboxylic acids is 1. The third-order valence-electron chi connectivity index (χ3n) is 2.63. The topological polar surface area (TPSA) is 84.9 Å². The maximum Gasteiger partial charge on any atom is 0.305 e. The summed E-state index contributed by atoms with van der Waals surface area (Å²) >= 11 is 3.30. The molecule has 1 amide bonds. The van der Waals surface area contributed by atoms with Crippen LogP contribution in [0.3, 0.4) is 0 Å². The number of hydrogen-bond donors (Lipinski definition) is 2. The number of methoxy groups -OCH3 is 1. The van der Waals surface area contributed by atoms with Crippen LogP contribution >= 0.6 is 15.9 Å². The highest BCUT2D eigenvalue weighted by Gasteiger charge is 2.29. The molecule has 1 rings (SSSR count). The van der Waals surface area contributed by atoms with Gasteiger partial charge in [-0.25, -0.2) is 0 Å². The van der Waals surface area contributed by atoms with Crippen LogP contribution < -0.4 is 10.1 Å². The fraction of sp³-hybridized carbons (Fsp3) is 0.429. The number of nitrogens with one attached hydrogen (secondary N) is 1. The molecule has 0 aliphatic heterocycles. The molecule has 0 saturated heterocycles. The van der Waals surface area contributed by atoms with Gasteiger partial charge in [0.25, 0.3) is 5.91 Å². The summed E-state index contributed by atoms with van der Waals surface area (Å²) in [6.45, 7) is 1.52. The van der Waals surface area contributed by atoms with E-state index in [2.05, 4.69) is 21.2 Å². The number of carboxylic acid groups (broad SMARTS) is 1. The standard InChI is InChI=1S/C14H18BrNO5/c1-14(9-20-2,7-13(18)19)16-12(17)8-21-11-5-3-10(15)4-6-11/h3-6H,7-9H2,1-2H3,(H,16,17)(H,18,19). The van der Waals surface area contributed by atoms with Crippen molar-refractivity contribution >= 4 is 27.8 Å². The van der Waals surface area contributed by atoms with Crippen molar-refractivity contribution < 1.29 is 24.2 Å². The predicted octanol–water partition coefficient (Wildman–Crippen LogP) is 1.82. The Hall–Kier alpha value is -1.60. The Bertz CT molecular complexity index is 491. The number of aliphatic carboxylic acids is 1. The lowest BCUT2D eigenvalue weighted by Gasteiger charge is -2.28. The van der Waals surface area contributed by atoms with Gasteiger partial charge in [0.15, 0.2) is 6.61 Å². The zero-order valence-electron chi connectivity index (χ0n) is 11.9. The molecule has 0 aliphatic carbocycles. The lowest BCUT2D eigenvalue weighted by atomic mass is 9.99. The molecule has 1 aromatic rings. The molecule has 0 aliphatic rings. The Kier molecular flexibility index (Phi) is 6.64. The molecule has 0 fully saturated rings. The maximum atomic E-state index is 11.9. The maximum absolute atomic E-state index is 11.9. The van der Waals surface area contributed by atoms with E-state index in [9.17, 15) is 9.59 Å². The summed E-state index contributed by atoms with van der Waals surface area (Å²) in [5.74, 6) is -0.859. The normalized spacial score (nSPS) is 13.3. The van der Waals surface area contributed by atoms with Crippen molar-refractivity contribution in [1.82, 2.24) is 5.32 Å². The number of hydrogen-bond acceptors (Lipinski definition) is 4. The average molecular weight is 360 g/mol. The number of amides is 1. The summed E-state index contributed by atoms with van der Waals surface area (Å²) in [5, 5.41) is 11.5. The second-order valence-electron chi connectivity index (χ2n) is 4.85. The molecule has 6 nitrogen and oxygen atoms in total. The van der Waals surface area contributed by atoms with Crippen LogP contribution in [0.5, 0.6) is 5.75 Å². The minimum Gasteiger partial charge on any atom is -0.484 e. The summed E-state index contributed by atoms with van der Waals surface area (Å²) in [7, 11) is 1.45. The van der Waals surface area contributed by atoms with Gasteiger partial charge in [0.05, 0.1) is 18.6 Å². The van der Waals surface area contributed by atoms with Gasteiger partial charge in [0.2, 0.25) is 0 Å². The highest BCUT2D eigenvalue weighted by Crippen LogP contribution is 2.16. The van der Waals surface area contributed by atoms with Crippen molar-refractivity contribution in [3.05, 3.63) is 28.7 Å². The zero-order chi connectivity index (χ0) is 15.9. The van der Waals surface area contributed by atoms with Crippen molar-refractivity contribution in [2.75, 3.05) is 20.3 Å². The van der Waals surface area contributed by atoms with E-state index in [1.54, 1.807) is 31.2 Å². The first-order chi connectivity index (χ1) is 9.84. The molecule has 1 unspecified atom stereocenters. The lowest BCUT2D eigenvalue weighted by molar-refractivity contribution is -0.139. The average Bonchev–Trinajstić information content (AvgIpc) is 2.37. The number of carbonyl (C=O) groups is 2. The Labute approximate surface area is 131 Å². The quantitative estimate of drug-likeness (QED) is 0.739. The second-order valence-corrected chi connectivity index (χ2v) is 5.77. The number of rotatable bonds is 8. The highest BCUT2D eigenvalue weighted by atomic mass is 79.9. The molecule has 2 N–H and O–H groups in total. The third-order valence-corrected chi connectivity index (χ3v) is 3.16. The fourth-order valence-corrected chi connectivity index (χ4v) is 2.10. The lowest BCUT2D eigenvalue weighted by Crippen LogP contribution is -2.52. The predicted molar refractivity (Wildman–Crippen MR) is 80.3 cm³/mol. The third kappa shape index (κ3) is 6.59. The van der Waals surface area contributed by atoms with Crippen molar-refractivity contribution in [1.29, 1.82) is 0 Å². The van der Waals surface area contributed by atoms with Crippen LogP contribution in [-0.4, -0.2) is 42.8 Å². The number of carboxylic acids is 1. The first-order valence-electron chi connectivity index (χ1n) is 6.25. The van der Waals surface area contributed by atoms with E-state index in [0.29, 0.717) is 5.75 Å². The molecule has 0 spiro atoms. The first kappa shape index (κ1) is 17.5. The Morgan fingerprint density at radius 2 is 1.95 bits per heavy atom. The largest absolute Gasteiger partial charge is 0.484 e. The number of ether oxygens (including phenoxy) is 2. The molecule has 0 bridgehead atoms. The van der Waals surface area contributed by atoms with Gasteiger partial charge in [-0.05, 0) is 31.2 Å². The van der Waals surface area contributed by atoms with Crippen molar-refractivity contribution in [3.8, 4) is 5.75 Å². The monoisotopic (exact) mass is 359 g/mol. The Balaban J connectivity index is 2.53. The minimum atomic E-state index is -1.01. The fourth-order valence-electron chi connectivity index (χ4n) is 1.84. The van der Waals surface area contributed by atoms with E-state index in [1.807, 2.05) is 0 Å².